The molecular formula is C21H32N2O8. The van der Waals surface area contributed by atoms with E-state index in [0.717, 1.165) is 0 Å². The van der Waals surface area contributed by atoms with E-state index >= 15 is 0 Å². The number of alkyl carbamates (subject to hydrolysis) is 1. The Balaban J connectivity index is 3.26. The van der Waals surface area contributed by atoms with Crippen LogP contribution in [0.15, 0.2) is 18.2 Å². The van der Waals surface area contributed by atoms with Crippen LogP contribution >= 0.6 is 0 Å². The number of benzene rings is 1. The minimum absolute atomic E-state index is 0.101. The van der Waals surface area contributed by atoms with Crippen LogP contribution in [0.4, 0.5) is 9.59 Å². The molecule has 0 unspecified atom stereocenters. The van der Waals surface area contributed by atoms with Gasteiger partial charge in [-0.15, -0.1) is 0 Å². The maximum Gasteiger partial charge on any atom is 0.414 e. The molecule has 0 aliphatic rings. The van der Waals surface area contributed by atoms with Crippen molar-refractivity contribution in [3.8, 4) is 11.5 Å². The Bertz CT molecular complexity index is 758. The number of esters is 1. The van der Waals surface area contributed by atoms with E-state index in [2.05, 4.69) is 5.32 Å². The van der Waals surface area contributed by atoms with Crippen LogP contribution < -0.4 is 14.8 Å². The van der Waals surface area contributed by atoms with E-state index in [0.29, 0.717) is 5.56 Å². The van der Waals surface area contributed by atoms with Crippen molar-refractivity contribution in [3.63, 3.8) is 0 Å². The summed E-state index contributed by atoms with van der Waals surface area (Å²) in [7, 11) is 4.56. The number of hydrogen-bond acceptors (Lipinski definition) is 8. The van der Waals surface area contributed by atoms with Crippen molar-refractivity contribution in [2.45, 2.75) is 45.8 Å². The molecule has 0 aliphatic carbocycles. The average Bonchev–Trinajstić information content (AvgIpc) is 2.64. The predicted molar refractivity (Wildman–Crippen MR) is 112 cm³/mol. The van der Waals surface area contributed by atoms with Crippen molar-refractivity contribution in [2.24, 2.45) is 0 Å². The summed E-state index contributed by atoms with van der Waals surface area (Å²) in [6, 6.07) is 3.78. The Morgan fingerprint density at radius 3 is 2.39 bits per heavy atom. The van der Waals surface area contributed by atoms with Crippen LogP contribution in [0.3, 0.4) is 0 Å². The smallest absolute Gasteiger partial charge is 0.414 e. The van der Waals surface area contributed by atoms with Gasteiger partial charge in [-0.05, 0) is 39.8 Å². The Morgan fingerprint density at radius 2 is 1.84 bits per heavy atom. The molecule has 10 nitrogen and oxygen atoms in total. The van der Waals surface area contributed by atoms with Crippen LogP contribution in [0.25, 0.3) is 0 Å². The summed E-state index contributed by atoms with van der Waals surface area (Å²) in [5.74, 6) is -0.0265. The fourth-order valence-corrected chi connectivity index (χ4v) is 2.38. The van der Waals surface area contributed by atoms with Crippen molar-refractivity contribution in [3.05, 3.63) is 23.8 Å². The zero-order valence-electron chi connectivity index (χ0n) is 19.1. The van der Waals surface area contributed by atoms with Gasteiger partial charge in [0.2, 0.25) is 0 Å². The Kier molecular flexibility index (Phi) is 10.1. The molecule has 0 aromatic heterocycles. The van der Waals surface area contributed by atoms with Crippen molar-refractivity contribution in [1.29, 1.82) is 0 Å². The molecule has 1 aromatic carbocycles. The van der Waals surface area contributed by atoms with E-state index in [1.165, 1.54) is 24.1 Å². The zero-order chi connectivity index (χ0) is 23.6. The number of nitrogens with zero attached hydrogens (tertiary/aromatic N) is 1. The van der Waals surface area contributed by atoms with Gasteiger partial charge in [-0.3, -0.25) is 4.79 Å². The second-order valence-corrected chi connectivity index (χ2v) is 7.72. The lowest BCUT2D eigenvalue weighted by molar-refractivity contribution is -0.143. The maximum atomic E-state index is 12.4. The minimum atomic E-state index is -0.820. The molecule has 1 aromatic rings. The number of rotatable bonds is 9. The van der Waals surface area contributed by atoms with Crippen molar-refractivity contribution in [1.82, 2.24) is 10.2 Å². The van der Waals surface area contributed by atoms with Crippen molar-refractivity contribution >= 4 is 18.2 Å². The highest BCUT2D eigenvalue weighted by molar-refractivity contribution is 5.74. The number of methoxy groups -OCH3 is 1. The highest BCUT2D eigenvalue weighted by Gasteiger charge is 2.26. The lowest BCUT2D eigenvalue weighted by Crippen LogP contribution is -2.36. The SMILES string of the molecule is CCOC(=O)C[C@@H](NC(=O)OC(C)(C)C)c1ccc(OC(=O)N(C)C)cc1OCOC. The predicted octanol–water partition coefficient (Wildman–Crippen LogP) is 3.25. The van der Waals surface area contributed by atoms with Gasteiger partial charge < -0.3 is 33.9 Å². The first kappa shape index (κ1) is 26.0. The van der Waals surface area contributed by atoms with Crippen LogP contribution in [0.5, 0.6) is 11.5 Å². The largest absolute Gasteiger partial charge is 0.467 e. The molecule has 0 bridgehead atoms. The standard InChI is InChI=1S/C21H32N2O8/c1-8-28-18(24)12-16(22-19(25)31-21(2,3)4)15-10-9-14(30-20(26)23(5)6)11-17(15)29-13-27-7/h9-11,16H,8,12-13H2,1-7H3,(H,22,25)/t16-/m1/s1. The Morgan fingerprint density at radius 1 is 1.16 bits per heavy atom. The monoisotopic (exact) mass is 440 g/mol. The second kappa shape index (κ2) is 12.0. The molecule has 2 amide bonds. The van der Waals surface area contributed by atoms with Gasteiger partial charge in [0.05, 0.1) is 19.1 Å². The molecule has 0 saturated heterocycles. The van der Waals surface area contributed by atoms with Crippen LogP contribution in [0.2, 0.25) is 0 Å². The summed E-state index contributed by atoms with van der Waals surface area (Å²) in [6.45, 7) is 6.98. The molecule has 0 radical (unpaired) electrons. The number of nitrogens with one attached hydrogen (secondary N) is 1. The average molecular weight is 440 g/mol. The second-order valence-electron chi connectivity index (χ2n) is 7.72. The quantitative estimate of drug-likeness (QED) is 0.460. The highest BCUT2D eigenvalue weighted by Crippen LogP contribution is 2.32. The van der Waals surface area contributed by atoms with Gasteiger partial charge in [-0.25, -0.2) is 9.59 Å². The molecule has 10 heteroatoms. The number of hydrogen-bond donors (Lipinski definition) is 1. The molecule has 1 atom stereocenters. The summed E-state index contributed by atoms with van der Waals surface area (Å²) in [5, 5.41) is 2.68. The maximum absolute atomic E-state index is 12.4. The molecule has 0 saturated carbocycles. The zero-order valence-corrected chi connectivity index (χ0v) is 19.1. The number of carbonyl (C=O) groups excluding carboxylic acids is 3. The molecule has 31 heavy (non-hydrogen) atoms. The summed E-state index contributed by atoms with van der Waals surface area (Å²) in [5.41, 5.74) is -0.265. The number of carbonyl (C=O) groups is 3. The lowest BCUT2D eigenvalue weighted by Gasteiger charge is -2.25. The van der Waals surface area contributed by atoms with Crippen molar-refractivity contribution < 1.29 is 38.1 Å². The van der Waals surface area contributed by atoms with Gasteiger partial charge in [0.15, 0.2) is 6.79 Å². The molecule has 0 spiro atoms. The summed E-state index contributed by atoms with van der Waals surface area (Å²) < 4.78 is 26.2. The Labute approximate surface area is 182 Å². The van der Waals surface area contributed by atoms with Crippen LogP contribution in [-0.4, -0.2) is 63.3 Å². The summed E-state index contributed by atoms with van der Waals surface area (Å²) in [6.07, 6.45) is -1.43. The number of ether oxygens (including phenoxy) is 5. The van der Waals surface area contributed by atoms with Gasteiger partial charge >= 0.3 is 18.2 Å². The lowest BCUT2D eigenvalue weighted by atomic mass is 10.0. The molecule has 0 fully saturated rings. The molecule has 0 aliphatic heterocycles. The minimum Gasteiger partial charge on any atom is -0.467 e. The van der Waals surface area contributed by atoms with E-state index in [1.54, 1.807) is 47.9 Å². The van der Waals surface area contributed by atoms with Gasteiger partial charge in [0, 0.05) is 32.8 Å². The first-order chi connectivity index (χ1) is 14.5. The van der Waals surface area contributed by atoms with E-state index in [-0.39, 0.29) is 31.3 Å². The van der Waals surface area contributed by atoms with E-state index in [4.69, 9.17) is 23.7 Å². The summed E-state index contributed by atoms with van der Waals surface area (Å²) in [4.78, 5) is 37.7. The third kappa shape index (κ3) is 9.56. The van der Waals surface area contributed by atoms with E-state index in [1.807, 2.05) is 0 Å². The molecule has 0 heterocycles. The van der Waals surface area contributed by atoms with Gasteiger partial charge in [0.25, 0.3) is 0 Å². The van der Waals surface area contributed by atoms with Gasteiger partial charge in [0.1, 0.15) is 17.1 Å². The molecule has 1 rings (SSSR count). The third-order valence-electron chi connectivity index (χ3n) is 3.63. The topological polar surface area (TPSA) is 113 Å². The normalized spacial score (nSPS) is 11.8. The van der Waals surface area contributed by atoms with Crippen LogP contribution in [0, 0.1) is 0 Å². The van der Waals surface area contributed by atoms with Gasteiger partial charge in [-0.2, -0.15) is 0 Å². The fourth-order valence-electron chi connectivity index (χ4n) is 2.38. The van der Waals surface area contributed by atoms with E-state index < -0.39 is 29.8 Å². The molecule has 174 valence electrons. The first-order valence-corrected chi connectivity index (χ1v) is 9.76. The Hall–Kier alpha value is -3.01. The highest BCUT2D eigenvalue weighted by atomic mass is 16.7. The first-order valence-electron chi connectivity index (χ1n) is 9.76. The van der Waals surface area contributed by atoms with E-state index in [9.17, 15) is 14.4 Å². The summed E-state index contributed by atoms with van der Waals surface area (Å²) >= 11 is 0. The van der Waals surface area contributed by atoms with Crippen LogP contribution in [-0.2, 0) is 19.0 Å². The van der Waals surface area contributed by atoms with Crippen molar-refractivity contribution in [2.75, 3.05) is 34.6 Å². The fraction of sp³-hybridized carbons (Fsp3) is 0.571. The molecular weight excluding hydrogens is 408 g/mol. The molecule has 1 N–H and O–H groups in total. The number of amides is 2. The van der Waals surface area contributed by atoms with Crippen LogP contribution in [0.1, 0.15) is 45.7 Å². The third-order valence-corrected chi connectivity index (χ3v) is 3.63. The van der Waals surface area contributed by atoms with Gasteiger partial charge in [-0.1, -0.05) is 0 Å².